The van der Waals surface area contributed by atoms with Crippen molar-refractivity contribution in [2.75, 3.05) is 7.11 Å². The highest BCUT2D eigenvalue weighted by Crippen LogP contribution is 2.04. The van der Waals surface area contributed by atoms with Gasteiger partial charge in [0, 0.05) is 23.9 Å². The van der Waals surface area contributed by atoms with Gasteiger partial charge in [-0.15, -0.1) is 0 Å². The predicted octanol–water partition coefficient (Wildman–Crippen LogP) is 0.526. The lowest BCUT2D eigenvalue weighted by Crippen LogP contribution is -2.41. The molecule has 0 aromatic carbocycles. The molecule has 0 aliphatic carbocycles. The number of aliphatic carboxylic acids is 1. The highest BCUT2D eigenvalue weighted by molar-refractivity contribution is 5.96. The molecular formula is C13H16N2O5. The number of hydrogen-bond acceptors (Lipinski definition) is 5. The quantitative estimate of drug-likeness (QED) is 0.736. The molecule has 7 heteroatoms. The lowest BCUT2D eigenvalue weighted by Gasteiger charge is -2.14. The molecule has 0 spiro atoms. The van der Waals surface area contributed by atoms with Crippen LogP contribution < -0.4 is 5.32 Å². The van der Waals surface area contributed by atoms with E-state index in [-0.39, 0.29) is 12.8 Å². The van der Waals surface area contributed by atoms with Gasteiger partial charge in [-0.3, -0.25) is 14.6 Å². The molecular weight excluding hydrogens is 264 g/mol. The summed E-state index contributed by atoms with van der Waals surface area (Å²) in [5.41, 5.74) is 0.973. The Labute approximate surface area is 116 Å². The standard InChI is InChI=1S/C13H16N2O5/c1-8-7-9(5-6-14-8)12(17)15-10(13(18)19)3-4-11(16)20-2/h5-7,10H,3-4H2,1-2H3,(H,15,17)(H,18,19)/t10-/m1/s1. The fourth-order valence-electron chi connectivity index (χ4n) is 1.55. The van der Waals surface area contributed by atoms with Gasteiger partial charge >= 0.3 is 11.9 Å². The fraction of sp³-hybridized carbons (Fsp3) is 0.385. The first-order valence-electron chi connectivity index (χ1n) is 5.97. The van der Waals surface area contributed by atoms with Crippen molar-refractivity contribution in [1.29, 1.82) is 0 Å². The molecule has 0 radical (unpaired) electrons. The second-order valence-corrected chi connectivity index (χ2v) is 4.16. The zero-order chi connectivity index (χ0) is 15.1. The van der Waals surface area contributed by atoms with Gasteiger partial charge in [0.2, 0.25) is 0 Å². The van der Waals surface area contributed by atoms with E-state index in [4.69, 9.17) is 5.11 Å². The summed E-state index contributed by atoms with van der Waals surface area (Å²) in [5, 5.41) is 11.4. The van der Waals surface area contributed by atoms with Crippen LogP contribution in [0.15, 0.2) is 18.3 Å². The average molecular weight is 280 g/mol. The van der Waals surface area contributed by atoms with E-state index in [0.717, 1.165) is 0 Å². The summed E-state index contributed by atoms with van der Waals surface area (Å²) in [6, 6.07) is 1.89. The molecule has 1 aromatic heterocycles. The third kappa shape index (κ3) is 4.68. The summed E-state index contributed by atoms with van der Waals surface area (Å²) in [4.78, 5) is 37.9. The molecule has 0 saturated carbocycles. The minimum atomic E-state index is -1.20. The number of carboxylic acid groups (broad SMARTS) is 1. The van der Waals surface area contributed by atoms with Crippen molar-refractivity contribution >= 4 is 17.8 Å². The molecule has 1 amide bonds. The number of nitrogens with one attached hydrogen (secondary N) is 1. The molecule has 1 aromatic rings. The predicted molar refractivity (Wildman–Crippen MR) is 69.1 cm³/mol. The van der Waals surface area contributed by atoms with Gasteiger partial charge in [0.05, 0.1) is 7.11 Å². The highest BCUT2D eigenvalue weighted by Gasteiger charge is 2.21. The van der Waals surface area contributed by atoms with Crippen LogP contribution in [-0.2, 0) is 14.3 Å². The molecule has 0 bridgehead atoms. The van der Waals surface area contributed by atoms with E-state index in [1.807, 2.05) is 0 Å². The summed E-state index contributed by atoms with van der Waals surface area (Å²) in [5.74, 6) is -2.24. The van der Waals surface area contributed by atoms with Gasteiger partial charge in [-0.2, -0.15) is 0 Å². The topological polar surface area (TPSA) is 106 Å². The van der Waals surface area contributed by atoms with Crippen molar-refractivity contribution in [1.82, 2.24) is 10.3 Å². The Balaban J connectivity index is 2.68. The van der Waals surface area contributed by atoms with Gasteiger partial charge in [-0.05, 0) is 25.5 Å². The van der Waals surface area contributed by atoms with E-state index in [2.05, 4.69) is 15.0 Å². The van der Waals surface area contributed by atoms with Crippen molar-refractivity contribution in [3.8, 4) is 0 Å². The maximum atomic E-state index is 11.9. The summed E-state index contributed by atoms with van der Waals surface area (Å²) in [7, 11) is 1.22. The van der Waals surface area contributed by atoms with Gasteiger partial charge in [0.25, 0.3) is 5.91 Å². The minimum absolute atomic E-state index is 0.0299. The van der Waals surface area contributed by atoms with Gasteiger partial charge in [0.1, 0.15) is 6.04 Å². The van der Waals surface area contributed by atoms with E-state index >= 15 is 0 Å². The third-order valence-electron chi connectivity index (χ3n) is 2.63. The van der Waals surface area contributed by atoms with Crippen LogP contribution in [0.3, 0.4) is 0 Å². The smallest absolute Gasteiger partial charge is 0.326 e. The number of methoxy groups -OCH3 is 1. The van der Waals surface area contributed by atoms with E-state index in [1.165, 1.54) is 19.4 Å². The van der Waals surface area contributed by atoms with Crippen molar-refractivity contribution in [3.63, 3.8) is 0 Å². The maximum absolute atomic E-state index is 11.9. The number of aryl methyl sites for hydroxylation is 1. The number of amides is 1. The Morgan fingerprint density at radius 1 is 1.45 bits per heavy atom. The normalized spacial score (nSPS) is 11.5. The van der Waals surface area contributed by atoms with Gasteiger partial charge in [-0.1, -0.05) is 0 Å². The molecule has 1 rings (SSSR count). The number of aromatic nitrogens is 1. The van der Waals surface area contributed by atoms with Crippen LogP contribution in [0.4, 0.5) is 0 Å². The number of pyridine rings is 1. The first-order chi connectivity index (χ1) is 9.43. The second-order valence-electron chi connectivity index (χ2n) is 4.16. The number of nitrogens with zero attached hydrogens (tertiary/aromatic N) is 1. The summed E-state index contributed by atoms with van der Waals surface area (Å²) >= 11 is 0. The van der Waals surface area contributed by atoms with E-state index in [9.17, 15) is 14.4 Å². The molecule has 1 atom stereocenters. The maximum Gasteiger partial charge on any atom is 0.326 e. The number of carbonyl (C=O) groups excluding carboxylic acids is 2. The zero-order valence-corrected chi connectivity index (χ0v) is 11.3. The van der Waals surface area contributed by atoms with Crippen LogP contribution in [0.5, 0.6) is 0 Å². The number of esters is 1. The molecule has 0 aliphatic heterocycles. The molecule has 7 nitrogen and oxygen atoms in total. The summed E-state index contributed by atoms with van der Waals surface area (Å²) < 4.78 is 4.43. The monoisotopic (exact) mass is 280 g/mol. The molecule has 1 heterocycles. The van der Waals surface area contributed by atoms with E-state index in [0.29, 0.717) is 11.3 Å². The third-order valence-corrected chi connectivity index (χ3v) is 2.63. The van der Waals surface area contributed by atoms with Gasteiger partial charge < -0.3 is 15.2 Å². The van der Waals surface area contributed by atoms with Crippen molar-refractivity contribution < 1.29 is 24.2 Å². The Morgan fingerprint density at radius 2 is 2.15 bits per heavy atom. The first kappa shape index (κ1) is 15.6. The molecule has 0 saturated heterocycles. The van der Waals surface area contributed by atoms with Gasteiger partial charge in [-0.25, -0.2) is 4.79 Å². The Morgan fingerprint density at radius 3 is 2.70 bits per heavy atom. The van der Waals surface area contributed by atoms with Crippen LogP contribution in [0.2, 0.25) is 0 Å². The average Bonchev–Trinajstić information content (AvgIpc) is 2.42. The number of hydrogen-bond donors (Lipinski definition) is 2. The number of ether oxygens (including phenoxy) is 1. The molecule has 0 aliphatic rings. The van der Waals surface area contributed by atoms with E-state index in [1.54, 1.807) is 13.0 Å². The minimum Gasteiger partial charge on any atom is -0.480 e. The van der Waals surface area contributed by atoms with E-state index < -0.39 is 23.9 Å². The summed E-state index contributed by atoms with van der Waals surface area (Å²) in [6.07, 6.45) is 1.36. The largest absolute Gasteiger partial charge is 0.480 e. The van der Waals surface area contributed by atoms with Crippen molar-refractivity contribution in [2.24, 2.45) is 0 Å². The van der Waals surface area contributed by atoms with Crippen molar-refractivity contribution in [3.05, 3.63) is 29.6 Å². The molecule has 2 N–H and O–H groups in total. The molecule has 0 fully saturated rings. The SMILES string of the molecule is COC(=O)CC[C@@H](NC(=O)c1ccnc(C)c1)C(=O)O. The Hall–Kier alpha value is -2.44. The Kier molecular flexibility index (Phi) is 5.64. The lowest BCUT2D eigenvalue weighted by atomic mass is 10.1. The number of carboxylic acids is 1. The first-order valence-corrected chi connectivity index (χ1v) is 5.97. The second kappa shape index (κ2) is 7.22. The summed E-state index contributed by atoms with van der Waals surface area (Å²) in [6.45, 7) is 1.72. The molecule has 20 heavy (non-hydrogen) atoms. The number of rotatable bonds is 6. The highest BCUT2D eigenvalue weighted by atomic mass is 16.5. The fourth-order valence-corrected chi connectivity index (χ4v) is 1.55. The molecule has 0 unspecified atom stereocenters. The Bertz CT molecular complexity index is 515. The van der Waals surface area contributed by atoms with Crippen LogP contribution >= 0.6 is 0 Å². The van der Waals surface area contributed by atoms with Crippen LogP contribution in [0, 0.1) is 6.92 Å². The van der Waals surface area contributed by atoms with Gasteiger partial charge in [0.15, 0.2) is 0 Å². The van der Waals surface area contributed by atoms with Crippen LogP contribution in [0.1, 0.15) is 28.9 Å². The lowest BCUT2D eigenvalue weighted by molar-refractivity contribution is -0.142. The van der Waals surface area contributed by atoms with Crippen molar-refractivity contribution in [2.45, 2.75) is 25.8 Å². The number of carbonyl (C=O) groups is 3. The van der Waals surface area contributed by atoms with Crippen LogP contribution in [-0.4, -0.2) is 41.1 Å². The molecule has 108 valence electrons. The zero-order valence-electron chi connectivity index (χ0n) is 11.3. The van der Waals surface area contributed by atoms with Crippen LogP contribution in [0.25, 0.3) is 0 Å².